The molecule has 0 aromatic heterocycles. The summed E-state index contributed by atoms with van der Waals surface area (Å²) in [6, 6.07) is 9.68. The molecule has 1 unspecified atom stereocenters. The van der Waals surface area contributed by atoms with Crippen molar-refractivity contribution in [3.63, 3.8) is 0 Å². The van der Waals surface area contributed by atoms with E-state index in [4.69, 9.17) is 0 Å². The molecule has 0 spiro atoms. The van der Waals surface area contributed by atoms with Gasteiger partial charge in [-0.1, -0.05) is 30.3 Å². The van der Waals surface area contributed by atoms with E-state index in [0.717, 1.165) is 31.5 Å². The first-order chi connectivity index (χ1) is 10.6. The van der Waals surface area contributed by atoms with Crippen molar-refractivity contribution in [2.75, 3.05) is 20.1 Å². The van der Waals surface area contributed by atoms with Crippen LogP contribution in [0.3, 0.4) is 0 Å². The Kier molecular flexibility index (Phi) is 5.95. The highest BCUT2D eigenvalue weighted by Gasteiger charge is 2.25. The number of rotatable bonds is 5. The number of hydrogen-bond donors (Lipinski definition) is 2. The Morgan fingerprint density at radius 1 is 1.27 bits per heavy atom. The van der Waals surface area contributed by atoms with Crippen molar-refractivity contribution in [2.24, 2.45) is 0 Å². The summed E-state index contributed by atoms with van der Waals surface area (Å²) in [6.07, 6.45) is 2.26. The minimum Gasteiger partial charge on any atom is -0.349 e. The number of amides is 2. The normalized spacial score (nSPS) is 16.8. The van der Waals surface area contributed by atoms with Gasteiger partial charge in [-0.15, -0.1) is 0 Å². The summed E-state index contributed by atoms with van der Waals surface area (Å²) in [7, 11) is 1.87. The second-order valence-electron chi connectivity index (χ2n) is 5.85. The third-order valence-corrected chi connectivity index (χ3v) is 4.21. The van der Waals surface area contributed by atoms with Crippen LogP contribution in [0, 0.1) is 0 Å². The summed E-state index contributed by atoms with van der Waals surface area (Å²) in [5.74, 6) is -0.0410. The minimum atomic E-state index is -0.268. The van der Waals surface area contributed by atoms with Gasteiger partial charge in [-0.05, 0) is 31.5 Å². The number of nitrogens with zero attached hydrogens (tertiary/aromatic N) is 1. The molecular weight excluding hydrogens is 278 g/mol. The summed E-state index contributed by atoms with van der Waals surface area (Å²) in [4.78, 5) is 25.8. The van der Waals surface area contributed by atoms with Crippen molar-refractivity contribution in [2.45, 2.75) is 38.3 Å². The highest BCUT2D eigenvalue weighted by atomic mass is 16.2. The van der Waals surface area contributed by atoms with Gasteiger partial charge in [-0.25, -0.2) is 0 Å². The van der Waals surface area contributed by atoms with Crippen LogP contribution in [-0.2, 0) is 9.59 Å². The van der Waals surface area contributed by atoms with Gasteiger partial charge < -0.3 is 15.5 Å². The summed E-state index contributed by atoms with van der Waals surface area (Å²) < 4.78 is 0. The maximum Gasteiger partial charge on any atom is 0.224 e. The van der Waals surface area contributed by atoms with Crippen molar-refractivity contribution in [3.8, 4) is 0 Å². The van der Waals surface area contributed by atoms with E-state index in [1.165, 1.54) is 6.92 Å². The maximum atomic E-state index is 12.6. The standard InChI is InChI=1S/C17H25N3O2/c1-13(21)19-16(14-6-4-3-5-7-14)12-17(22)20(2)15-8-10-18-11-9-15/h3-7,15-16,18H,8-12H2,1-2H3,(H,19,21). The number of piperidine rings is 1. The highest BCUT2D eigenvalue weighted by Crippen LogP contribution is 2.19. The molecule has 1 aromatic carbocycles. The Morgan fingerprint density at radius 3 is 2.50 bits per heavy atom. The largest absolute Gasteiger partial charge is 0.349 e. The highest BCUT2D eigenvalue weighted by molar-refractivity contribution is 5.79. The summed E-state index contributed by atoms with van der Waals surface area (Å²) in [5.41, 5.74) is 0.963. The van der Waals surface area contributed by atoms with Crippen molar-refractivity contribution in [1.82, 2.24) is 15.5 Å². The number of benzene rings is 1. The Morgan fingerprint density at radius 2 is 1.91 bits per heavy atom. The Hall–Kier alpha value is -1.88. The lowest BCUT2D eigenvalue weighted by Crippen LogP contribution is -2.45. The first-order valence-corrected chi connectivity index (χ1v) is 7.86. The van der Waals surface area contributed by atoms with Crippen molar-refractivity contribution in [3.05, 3.63) is 35.9 Å². The molecule has 22 heavy (non-hydrogen) atoms. The summed E-state index contributed by atoms with van der Waals surface area (Å²) >= 11 is 0. The molecule has 5 nitrogen and oxygen atoms in total. The zero-order valence-corrected chi connectivity index (χ0v) is 13.3. The van der Waals surface area contributed by atoms with Crippen molar-refractivity contribution in [1.29, 1.82) is 0 Å². The van der Waals surface area contributed by atoms with E-state index in [-0.39, 0.29) is 17.9 Å². The maximum absolute atomic E-state index is 12.6. The van der Waals surface area contributed by atoms with Crippen LogP contribution in [0.5, 0.6) is 0 Å². The first kappa shape index (κ1) is 16.5. The topological polar surface area (TPSA) is 61.4 Å². The van der Waals surface area contributed by atoms with Crippen LogP contribution >= 0.6 is 0 Å². The molecule has 1 aliphatic rings. The summed E-state index contributed by atoms with van der Waals surface area (Å²) in [6.45, 7) is 3.39. The van der Waals surface area contributed by atoms with Gasteiger partial charge in [0.15, 0.2) is 0 Å². The van der Waals surface area contributed by atoms with Crippen LogP contribution in [-0.4, -0.2) is 42.9 Å². The van der Waals surface area contributed by atoms with E-state index in [0.29, 0.717) is 12.5 Å². The lowest BCUT2D eigenvalue weighted by Gasteiger charge is -2.32. The number of carbonyl (C=O) groups is 2. The molecule has 0 bridgehead atoms. The van der Waals surface area contributed by atoms with Crippen LogP contribution in [0.4, 0.5) is 0 Å². The van der Waals surface area contributed by atoms with Gasteiger partial charge in [-0.3, -0.25) is 9.59 Å². The predicted octanol–water partition coefficient (Wildman–Crippen LogP) is 1.46. The van der Waals surface area contributed by atoms with E-state index in [2.05, 4.69) is 10.6 Å². The monoisotopic (exact) mass is 303 g/mol. The molecule has 1 atom stereocenters. The van der Waals surface area contributed by atoms with Crippen molar-refractivity contribution >= 4 is 11.8 Å². The number of nitrogens with one attached hydrogen (secondary N) is 2. The molecule has 0 radical (unpaired) electrons. The van der Waals surface area contributed by atoms with Crippen LogP contribution in [0.2, 0.25) is 0 Å². The number of carbonyl (C=O) groups excluding carboxylic acids is 2. The molecular formula is C17H25N3O2. The van der Waals surface area contributed by atoms with Gasteiger partial charge in [0.25, 0.3) is 0 Å². The molecule has 2 amide bonds. The Bertz CT molecular complexity index is 498. The van der Waals surface area contributed by atoms with Gasteiger partial charge in [0.2, 0.25) is 11.8 Å². The fourth-order valence-corrected chi connectivity index (χ4v) is 2.90. The van der Waals surface area contributed by atoms with Crippen molar-refractivity contribution < 1.29 is 9.59 Å². The molecule has 2 rings (SSSR count). The first-order valence-electron chi connectivity index (χ1n) is 7.86. The van der Waals surface area contributed by atoms with Crippen LogP contribution < -0.4 is 10.6 Å². The average molecular weight is 303 g/mol. The quantitative estimate of drug-likeness (QED) is 0.866. The molecule has 1 aromatic rings. The minimum absolute atomic E-state index is 0.0782. The van der Waals surface area contributed by atoms with Gasteiger partial charge >= 0.3 is 0 Å². The van der Waals surface area contributed by atoms with Gasteiger partial charge in [0.05, 0.1) is 12.5 Å². The average Bonchev–Trinajstić information content (AvgIpc) is 2.54. The summed E-state index contributed by atoms with van der Waals surface area (Å²) in [5, 5.41) is 6.19. The van der Waals surface area contributed by atoms with Gasteiger partial charge in [0, 0.05) is 20.0 Å². The molecule has 1 heterocycles. The molecule has 0 aliphatic carbocycles. The molecule has 2 N–H and O–H groups in total. The third kappa shape index (κ3) is 4.56. The lowest BCUT2D eigenvalue weighted by atomic mass is 10.0. The van der Waals surface area contributed by atoms with E-state index >= 15 is 0 Å². The van der Waals surface area contributed by atoms with E-state index in [1.807, 2.05) is 42.3 Å². The van der Waals surface area contributed by atoms with Crippen LogP contribution in [0.15, 0.2) is 30.3 Å². The molecule has 1 aliphatic heterocycles. The SMILES string of the molecule is CC(=O)NC(CC(=O)N(C)C1CCNCC1)c1ccccc1. The second-order valence-corrected chi connectivity index (χ2v) is 5.85. The Balaban J connectivity index is 2.02. The zero-order chi connectivity index (χ0) is 15.9. The van der Waals surface area contributed by atoms with Gasteiger partial charge in [0.1, 0.15) is 0 Å². The molecule has 120 valence electrons. The fraction of sp³-hybridized carbons (Fsp3) is 0.529. The fourth-order valence-electron chi connectivity index (χ4n) is 2.90. The van der Waals surface area contributed by atoms with Gasteiger partial charge in [-0.2, -0.15) is 0 Å². The smallest absolute Gasteiger partial charge is 0.224 e. The molecule has 0 saturated carbocycles. The van der Waals surface area contributed by atoms with E-state index in [9.17, 15) is 9.59 Å². The predicted molar refractivity (Wildman–Crippen MR) is 86.3 cm³/mol. The zero-order valence-electron chi connectivity index (χ0n) is 13.3. The lowest BCUT2D eigenvalue weighted by molar-refractivity contribution is -0.133. The van der Waals surface area contributed by atoms with E-state index < -0.39 is 0 Å². The second kappa shape index (κ2) is 7.94. The van der Waals surface area contributed by atoms with Crippen LogP contribution in [0.25, 0.3) is 0 Å². The third-order valence-electron chi connectivity index (χ3n) is 4.21. The Labute approximate surface area is 132 Å². The molecule has 1 saturated heterocycles. The van der Waals surface area contributed by atoms with Crippen LogP contribution in [0.1, 0.15) is 37.8 Å². The van der Waals surface area contributed by atoms with E-state index in [1.54, 1.807) is 0 Å². The molecule has 5 heteroatoms. The number of hydrogen-bond acceptors (Lipinski definition) is 3. The molecule has 1 fully saturated rings.